The Balaban J connectivity index is 1.80. The molecule has 1 saturated heterocycles. The van der Waals surface area contributed by atoms with Crippen LogP contribution in [0.25, 0.3) is 0 Å². The minimum absolute atomic E-state index is 0.0624. The summed E-state index contributed by atoms with van der Waals surface area (Å²) in [6.07, 6.45) is 1.45. The van der Waals surface area contributed by atoms with E-state index in [0.29, 0.717) is 0 Å². The fraction of sp³-hybridized carbons (Fsp3) is 0.571. The second-order valence-corrected chi connectivity index (χ2v) is 7.64. The van der Waals surface area contributed by atoms with E-state index in [0.717, 1.165) is 18.8 Å². The van der Waals surface area contributed by atoms with Crippen molar-refractivity contribution in [2.75, 3.05) is 25.1 Å². The molecular weight excluding hydrogens is 262 g/mol. The van der Waals surface area contributed by atoms with Crippen LogP contribution in [0.2, 0.25) is 0 Å². The number of likely N-dealkylation sites (tertiary alicyclic amines) is 1. The predicted molar refractivity (Wildman–Crippen MR) is 76.3 cm³/mol. The van der Waals surface area contributed by atoms with Crippen LogP contribution in [0.4, 0.5) is 0 Å². The second-order valence-electron chi connectivity index (χ2n) is 5.45. The first-order valence-corrected chi connectivity index (χ1v) is 8.54. The van der Waals surface area contributed by atoms with E-state index in [1.165, 1.54) is 11.8 Å². The van der Waals surface area contributed by atoms with E-state index < -0.39 is 9.84 Å². The lowest BCUT2D eigenvalue weighted by atomic mass is 10.1. The summed E-state index contributed by atoms with van der Waals surface area (Å²) in [5.74, 6) is 1.10. The van der Waals surface area contributed by atoms with Gasteiger partial charge in [0.25, 0.3) is 0 Å². The Bertz CT molecular complexity index is 535. The third kappa shape index (κ3) is 4.21. The second kappa shape index (κ2) is 5.51. The highest BCUT2D eigenvalue weighted by Gasteiger charge is 2.33. The smallest absolute Gasteiger partial charge is 0.148 e. The number of hydrogen-bond donors (Lipinski definition) is 0. The van der Waals surface area contributed by atoms with Gasteiger partial charge in [-0.05, 0) is 31.5 Å². The number of nitrogens with zero attached hydrogens (tertiary/aromatic N) is 1. The van der Waals surface area contributed by atoms with Gasteiger partial charge in [-0.2, -0.15) is 0 Å². The maximum Gasteiger partial charge on any atom is 0.148 e. The molecule has 1 aromatic carbocycles. The van der Waals surface area contributed by atoms with Crippen molar-refractivity contribution in [3.05, 3.63) is 29.8 Å². The Kier molecular flexibility index (Phi) is 4.16. The normalized spacial score (nSPS) is 18.9. The molecule has 1 aromatic rings. The summed E-state index contributed by atoms with van der Waals surface area (Å²) in [7, 11) is -2.91. The Morgan fingerprint density at radius 1 is 1.42 bits per heavy atom. The summed E-state index contributed by atoms with van der Waals surface area (Å²) in [5.41, 5.74) is 1.18. The molecule has 19 heavy (non-hydrogen) atoms. The third-order valence-electron chi connectivity index (χ3n) is 3.34. The van der Waals surface area contributed by atoms with Crippen LogP contribution in [0.1, 0.15) is 12.5 Å². The molecule has 2 rings (SSSR count). The Hall–Kier alpha value is -1.07. The van der Waals surface area contributed by atoms with Crippen LogP contribution in [-0.2, 0) is 9.84 Å². The lowest BCUT2D eigenvalue weighted by molar-refractivity contribution is 0.000931. The molecule has 0 radical (unpaired) electrons. The Morgan fingerprint density at radius 3 is 2.68 bits per heavy atom. The van der Waals surface area contributed by atoms with Crippen LogP contribution in [0.3, 0.4) is 0 Å². The first-order valence-electron chi connectivity index (χ1n) is 6.48. The monoisotopic (exact) mass is 283 g/mol. The lowest BCUT2D eigenvalue weighted by Gasteiger charge is -2.42. The van der Waals surface area contributed by atoms with E-state index in [9.17, 15) is 8.42 Å². The van der Waals surface area contributed by atoms with Crippen LogP contribution in [-0.4, -0.2) is 50.6 Å². The fourth-order valence-electron chi connectivity index (χ4n) is 2.33. The molecule has 4 nitrogen and oxygen atoms in total. The standard InChI is InChI=1S/C14H21NO3S/c1-11-5-4-6-13(7-11)18-14-8-15(9-14)12(2)10-19(3,16)17/h4-7,12,14H,8-10H2,1-3H3. The molecule has 0 N–H and O–H groups in total. The predicted octanol–water partition coefficient (Wildman–Crippen LogP) is 1.49. The fourth-order valence-corrected chi connectivity index (χ4v) is 3.42. The van der Waals surface area contributed by atoms with Gasteiger partial charge >= 0.3 is 0 Å². The number of aryl methyl sites for hydroxylation is 1. The van der Waals surface area contributed by atoms with Gasteiger partial charge in [-0.3, -0.25) is 4.90 Å². The van der Waals surface area contributed by atoms with E-state index in [-0.39, 0.29) is 17.9 Å². The quantitative estimate of drug-likeness (QED) is 0.821. The topological polar surface area (TPSA) is 46.6 Å². The molecule has 1 fully saturated rings. The molecule has 0 amide bonds. The zero-order valence-electron chi connectivity index (χ0n) is 11.7. The van der Waals surface area contributed by atoms with Crippen LogP contribution in [0.15, 0.2) is 24.3 Å². The molecule has 1 aliphatic rings. The average molecular weight is 283 g/mol. The van der Waals surface area contributed by atoms with Crippen LogP contribution in [0.5, 0.6) is 5.75 Å². The van der Waals surface area contributed by atoms with E-state index in [1.54, 1.807) is 0 Å². The first-order chi connectivity index (χ1) is 8.83. The highest BCUT2D eigenvalue weighted by atomic mass is 32.2. The molecule has 1 heterocycles. The first kappa shape index (κ1) is 14.3. The Labute approximate surface area is 115 Å². The van der Waals surface area contributed by atoms with Crippen LogP contribution in [0, 0.1) is 6.92 Å². The summed E-state index contributed by atoms with van der Waals surface area (Å²) < 4.78 is 28.3. The minimum atomic E-state index is -2.91. The zero-order chi connectivity index (χ0) is 14.0. The number of ether oxygens (including phenoxy) is 1. The molecule has 0 bridgehead atoms. The van der Waals surface area contributed by atoms with Crippen molar-refractivity contribution < 1.29 is 13.2 Å². The van der Waals surface area contributed by atoms with Crippen LogP contribution < -0.4 is 4.74 Å². The summed E-state index contributed by atoms with van der Waals surface area (Å²) in [6.45, 7) is 5.58. The Morgan fingerprint density at radius 2 is 2.11 bits per heavy atom. The number of hydrogen-bond acceptors (Lipinski definition) is 4. The van der Waals surface area contributed by atoms with Crippen LogP contribution >= 0.6 is 0 Å². The maximum atomic E-state index is 11.2. The highest BCUT2D eigenvalue weighted by Crippen LogP contribution is 2.21. The zero-order valence-corrected chi connectivity index (χ0v) is 12.5. The van der Waals surface area contributed by atoms with Crippen molar-refractivity contribution in [1.29, 1.82) is 0 Å². The molecule has 106 valence electrons. The molecular formula is C14H21NO3S. The van der Waals surface area contributed by atoms with Crippen molar-refractivity contribution in [3.8, 4) is 5.75 Å². The van der Waals surface area contributed by atoms with Gasteiger partial charge in [-0.15, -0.1) is 0 Å². The molecule has 0 aliphatic carbocycles. The van der Waals surface area contributed by atoms with Gasteiger partial charge in [0.2, 0.25) is 0 Å². The van der Waals surface area contributed by atoms with Crippen molar-refractivity contribution in [1.82, 2.24) is 4.90 Å². The number of rotatable bonds is 5. The van der Waals surface area contributed by atoms with Crippen molar-refractivity contribution >= 4 is 9.84 Å². The van der Waals surface area contributed by atoms with E-state index >= 15 is 0 Å². The van der Waals surface area contributed by atoms with Gasteiger partial charge in [0.1, 0.15) is 21.7 Å². The van der Waals surface area contributed by atoms with Gasteiger partial charge in [0, 0.05) is 25.4 Å². The van der Waals surface area contributed by atoms with Gasteiger partial charge in [-0.25, -0.2) is 8.42 Å². The summed E-state index contributed by atoms with van der Waals surface area (Å²) in [6, 6.07) is 8.05. The molecule has 0 spiro atoms. The van der Waals surface area contributed by atoms with Crippen molar-refractivity contribution in [2.45, 2.75) is 26.0 Å². The van der Waals surface area contributed by atoms with Gasteiger partial charge in [-0.1, -0.05) is 12.1 Å². The van der Waals surface area contributed by atoms with Crippen molar-refractivity contribution in [2.24, 2.45) is 0 Å². The summed E-state index contributed by atoms with van der Waals surface area (Å²) >= 11 is 0. The third-order valence-corrected chi connectivity index (χ3v) is 4.42. The SMILES string of the molecule is Cc1cccc(OC2CN(C(C)CS(C)(=O)=O)C2)c1. The minimum Gasteiger partial charge on any atom is -0.488 e. The van der Waals surface area contributed by atoms with E-state index in [2.05, 4.69) is 4.90 Å². The summed E-state index contributed by atoms with van der Waals surface area (Å²) in [5, 5.41) is 0. The molecule has 1 aliphatic heterocycles. The molecule has 5 heteroatoms. The van der Waals surface area contributed by atoms with E-state index in [1.807, 2.05) is 38.1 Å². The lowest BCUT2D eigenvalue weighted by Crippen LogP contribution is -2.58. The van der Waals surface area contributed by atoms with Crippen molar-refractivity contribution in [3.63, 3.8) is 0 Å². The molecule has 1 atom stereocenters. The average Bonchev–Trinajstić information content (AvgIpc) is 2.20. The molecule has 1 unspecified atom stereocenters. The maximum absolute atomic E-state index is 11.2. The highest BCUT2D eigenvalue weighted by molar-refractivity contribution is 7.90. The summed E-state index contributed by atoms with van der Waals surface area (Å²) in [4.78, 5) is 2.14. The number of sulfone groups is 1. The number of benzene rings is 1. The largest absolute Gasteiger partial charge is 0.488 e. The van der Waals surface area contributed by atoms with E-state index in [4.69, 9.17) is 4.74 Å². The van der Waals surface area contributed by atoms with Gasteiger partial charge in [0.15, 0.2) is 0 Å². The van der Waals surface area contributed by atoms with Gasteiger partial charge < -0.3 is 4.74 Å². The molecule has 0 aromatic heterocycles. The molecule has 0 saturated carbocycles. The van der Waals surface area contributed by atoms with Gasteiger partial charge in [0.05, 0.1) is 5.75 Å².